The molecule has 1 aliphatic carbocycles. The molecule has 3 heteroatoms. The highest BCUT2D eigenvalue weighted by Gasteiger charge is 2.14. The van der Waals surface area contributed by atoms with E-state index in [-0.39, 0.29) is 11.9 Å². The van der Waals surface area contributed by atoms with Crippen molar-refractivity contribution in [2.75, 3.05) is 13.1 Å². The molecular weight excluding hydrogens is 272 g/mol. The molecular formula is C19H24N2O. The fraction of sp³-hybridized carbons (Fsp3) is 0.316. The molecule has 0 fully saturated rings. The fourth-order valence-corrected chi connectivity index (χ4v) is 2.55. The molecule has 0 heterocycles. The number of amides is 1. The third-order valence-electron chi connectivity index (χ3n) is 3.95. The van der Waals surface area contributed by atoms with E-state index >= 15 is 0 Å². The Morgan fingerprint density at radius 1 is 1.18 bits per heavy atom. The summed E-state index contributed by atoms with van der Waals surface area (Å²) in [5.41, 5.74) is 9.18. The molecule has 3 nitrogen and oxygen atoms in total. The van der Waals surface area contributed by atoms with Gasteiger partial charge in [-0.25, -0.2) is 0 Å². The summed E-state index contributed by atoms with van der Waals surface area (Å²) in [5.74, 6) is 0.0721. The van der Waals surface area contributed by atoms with E-state index in [4.69, 9.17) is 5.73 Å². The zero-order chi connectivity index (χ0) is 15.9. The molecule has 0 saturated carbocycles. The van der Waals surface area contributed by atoms with Crippen molar-refractivity contribution < 1.29 is 4.79 Å². The molecule has 1 amide bonds. The van der Waals surface area contributed by atoms with E-state index in [1.54, 1.807) is 0 Å². The van der Waals surface area contributed by atoms with Gasteiger partial charge in [0.2, 0.25) is 0 Å². The first-order chi connectivity index (χ1) is 10.7. The van der Waals surface area contributed by atoms with E-state index in [1.165, 1.54) is 0 Å². The summed E-state index contributed by atoms with van der Waals surface area (Å²) in [7, 11) is 0. The summed E-state index contributed by atoms with van der Waals surface area (Å²) in [6.45, 7) is 5.43. The normalized spacial score (nSPS) is 15.1. The number of hydrogen-bond acceptors (Lipinski definition) is 2. The molecule has 0 aliphatic heterocycles. The van der Waals surface area contributed by atoms with Gasteiger partial charge in [-0.2, -0.15) is 0 Å². The highest BCUT2D eigenvalue weighted by molar-refractivity contribution is 5.94. The van der Waals surface area contributed by atoms with Crippen LogP contribution in [-0.2, 0) is 0 Å². The highest BCUT2D eigenvalue weighted by atomic mass is 16.2. The molecule has 22 heavy (non-hydrogen) atoms. The van der Waals surface area contributed by atoms with Crippen LogP contribution in [0.25, 0.3) is 0 Å². The van der Waals surface area contributed by atoms with Crippen molar-refractivity contribution in [3.63, 3.8) is 0 Å². The Morgan fingerprint density at radius 2 is 1.86 bits per heavy atom. The number of benzene rings is 1. The Hall–Kier alpha value is -2.13. The van der Waals surface area contributed by atoms with Crippen LogP contribution in [0.5, 0.6) is 0 Å². The number of hydrogen-bond donors (Lipinski definition) is 1. The lowest BCUT2D eigenvalue weighted by molar-refractivity contribution is 0.0773. The first kappa shape index (κ1) is 16.2. The fourth-order valence-electron chi connectivity index (χ4n) is 2.55. The number of nitrogens with zero attached hydrogens (tertiary/aromatic N) is 1. The number of carbonyl (C=O) groups excluding carboxylic acids is 1. The van der Waals surface area contributed by atoms with E-state index in [0.717, 1.165) is 30.6 Å². The van der Waals surface area contributed by atoms with Crippen molar-refractivity contribution in [1.82, 2.24) is 4.90 Å². The Morgan fingerprint density at radius 3 is 2.50 bits per heavy atom. The Labute approximate surface area is 132 Å². The summed E-state index contributed by atoms with van der Waals surface area (Å²) in [5, 5.41) is 0. The van der Waals surface area contributed by atoms with Gasteiger partial charge in [-0.1, -0.05) is 42.5 Å². The Kier molecular flexibility index (Phi) is 5.73. The summed E-state index contributed by atoms with van der Waals surface area (Å²) in [6.07, 6.45) is 11.2. The standard InChI is InChI=1S/C19H24N2O/c1-3-21(4-2)19(22)17-13-11-16(12-14-17)18(20)15-9-7-5-6-8-10-15/h5-7,9-14,18H,3-4,8,20H2,1-2H3/t18-/m1/s1. The topological polar surface area (TPSA) is 46.3 Å². The zero-order valence-corrected chi connectivity index (χ0v) is 13.3. The smallest absolute Gasteiger partial charge is 0.253 e. The third-order valence-corrected chi connectivity index (χ3v) is 3.95. The molecule has 0 unspecified atom stereocenters. The van der Waals surface area contributed by atoms with Gasteiger partial charge in [0.25, 0.3) is 5.91 Å². The third kappa shape index (κ3) is 3.74. The van der Waals surface area contributed by atoms with Crippen LogP contribution in [0.15, 0.2) is 60.2 Å². The number of nitrogens with two attached hydrogens (primary N) is 1. The molecule has 1 aromatic rings. The summed E-state index contributed by atoms with van der Waals surface area (Å²) >= 11 is 0. The minimum absolute atomic E-state index is 0.0721. The van der Waals surface area contributed by atoms with E-state index in [0.29, 0.717) is 5.56 Å². The lowest BCUT2D eigenvalue weighted by Gasteiger charge is -2.19. The van der Waals surface area contributed by atoms with Crippen LogP contribution in [0.1, 0.15) is 42.2 Å². The quantitative estimate of drug-likeness (QED) is 0.902. The van der Waals surface area contributed by atoms with Crippen molar-refractivity contribution in [1.29, 1.82) is 0 Å². The van der Waals surface area contributed by atoms with Crippen molar-refractivity contribution in [2.45, 2.75) is 26.3 Å². The molecule has 2 N–H and O–H groups in total. The molecule has 0 bridgehead atoms. The second-order valence-corrected chi connectivity index (χ2v) is 5.30. The van der Waals surface area contributed by atoms with Crippen molar-refractivity contribution in [3.05, 3.63) is 71.3 Å². The maximum absolute atomic E-state index is 12.3. The molecule has 2 rings (SSSR count). The second-order valence-electron chi connectivity index (χ2n) is 5.30. The van der Waals surface area contributed by atoms with E-state index < -0.39 is 0 Å². The molecule has 1 aliphatic rings. The summed E-state index contributed by atoms with van der Waals surface area (Å²) in [4.78, 5) is 14.1. The molecule has 0 spiro atoms. The molecule has 1 aromatic carbocycles. The van der Waals surface area contributed by atoms with Gasteiger partial charge in [0.1, 0.15) is 0 Å². The average molecular weight is 296 g/mol. The number of allylic oxidation sites excluding steroid dienone is 4. The lowest BCUT2D eigenvalue weighted by atomic mass is 9.97. The van der Waals surface area contributed by atoms with Crippen LogP contribution in [-0.4, -0.2) is 23.9 Å². The van der Waals surface area contributed by atoms with Gasteiger partial charge < -0.3 is 10.6 Å². The van der Waals surface area contributed by atoms with Gasteiger partial charge in [-0.3, -0.25) is 4.79 Å². The van der Waals surface area contributed by atoms with E-state index in [1.807, 2.05) is 61.2 Å². The first-order valence-corrected chi connectivity index (χ1v) is 7.85. The molecule has 116 valence electrons. The Bertz CT molecular complexity index is 592. The number of carbonyl (C=O) groups is 1. The van der Waals surface area contributed by atoms with Crippen LogP contribution in [0.3, 0.4) is 0 Å². The Balaban J connectivity index is 2.15. The van der Waals surface area contributed by atoms with Gasteiger partial charge in [0, 0.05) is 18.7 Å². The minimum Gasteiger partial charge on any atom is -0.339 e. The largest absolute Gasteiger partial charge is 0.339 e. The van der Waals surface area contributed by atoms with Crippen molar-refractivity contribution >= 4 is 5.91 Å². The van der Waals surface area contributed by atoms with Crippen molar-refractivity contribution in [2.24, 2.45) is 5.73 Å². The van der Waals surface area contributed by atoms with Crippen molar-refractivity contribution in [3.8, 4) is 0 Å². The summed E-state index contributed by atoms with van der Waals surface area (Å²) in [6, 6.07) is 7.49. The van der Waals surface area contributed by atoms with Gasteiger partial charge in [0.05, 0.1) is 6.04 Å². The van der Waals surface area contributed by atoms with Crippen LogP contribution in [0.2, 0.25) is 0 Å². The second kappa shape index (κ2) is 7.76. The predicted octanol–water partition coefficient (Wildman–Crippen LogP) is 3.61. The van der Waals surface area contributed by atoms with Gasteiger partial charge in [0.15, 0.2) is 0 Å². The van der Waals surface area contributed by atoms with Crippen LogP contribution in [0, 0.1) is 0 Å². The molecule has 1 atom stereocenters. The van der Waals surface area contributed by atoms with Crippen LogP contribution >= 0.6 is 0 Å². The molecule has 0 radical (unpaired) electrons. The van der Waals surface area contributed by atoms with Crippen LogP contribution < -0.4 is 5.73 Å². The maximum atomic E-state index is 12.3. The number of rotatable bonds is 5. The average Bonchev–Trinajstić information content (AvgIpc) is 2.84. The van der Waals surface area contributed by atoms with E-state index in [2.05, 4.69) is 12.2 Å². The summed E-state index contributed by atoms with van der Waals surface area (Å²) < 4.78 is 0. The van der Waals surface area contributed by atoms with Gasteiger partial charge >= 0.3 is 0 Å². The molecule has 0 saturated heterocycles. The first-order valence-electron chi connectivity index (χ1n) is 7.85. The van der Waals surface area contributed by atoms with Gasteiger partial charge in [-0.15, -0.1) is 0 Å². The lowest BCUT2D eigenvalue weighted by Crippen LogP contribution is -2.30. The molecule has 0 aromatic heterocycles. The minimum atomic E-state index is -0.159. The van der Waals surface area contributed by atoms with Crippen LogP contribution in [0.4, 0.5) is 0 Å². The maximum Gasteiger partial charge on any atom is 0.253 e. The predicted molar refractivity (Wildman–Crippen MR) is 91.6 cm³/mol. The monoisotopic (exact) mass is 296 g/mol. The zero-order valence-electron chi connectivity index (χ0n) is 13.3. The highest BCUT2D eigenvalue weighted by Crippen LogP contribution is 2.22. The van der Waals surface area contributed by atoms with E-state index in [9.17, 15) is 4.79 Å². The van der Waals surface area contributed by atoms with Gasteiger partial charge in [-0.05, 0) is 43.5 Å². The SMILES string of the molecule is CCN(CC)C(=O)c1ccc([C@H](N)C2=CCC=CC=C2)cc1.